The van der Waals surface area contributed by atoms with Crippen molar-refractivity contribution in [3.63, 3.8) is 0 Å². The Balaban J connectivity index is 1.43. The van der Waals surface area contributed by atoms with E-state index in [-0.39, 0.29) is 18.4 Å². The summed E-state index contributed by atoms with van der Waals surface area (Å²) in [7, 11) is 1.86. The van der Waals surface area contributed by atoms with Crippen LogP contribution in [-0.4, -0.2) is 54.0 Å². The van der Waals surface area contributed by atoms with Crippen LogP contribution in [0.2, 0.25) is 0 Å². The molecule has 124 valence electrons. The fraction of sp³-hybridized carbons (Fsp3) is 0.500. The summed E-state index contributed by atoms with van der Waals surface area (Å²) < 4.78 is 2.93. The third-order valence-electron chi connectivity index (χ3n) is 4.25. The Kier molecular flexibility index (Phi) is 4.97. The lowest BCUT2D eigenvalue weighted by Crippen LogP contribution is -2.40. The molecule has 0 atom stereocenters. The number of aromatic nitrogens is 1. The van der Waals surface area contributed by atoms with E-state index in [1.165, 1.54) is 12.8 Å². The Labute approximate surface area is 139 Å². The Morgan fingerprint density at radius 3 is 2.78 bits per heavy atom. The first-order valence-electron chi connectivity index (χ1n) is 7.95. The molecule has 2 amide bonds. The van der Waals surface area contributed by atoms with Crippen molar-refractivity contribution < 1.29 is 9.59 Å². The molecule has 2 aromatic rings. The van der Waals surface area contributed by atoms with Gasteiger partial charge in [0.2, 0.25) is 5.91 Å². The van der Waals surface area contributed by atoms with Crippen LogP contribution >= 0.6 is 11.3 Å². The number of likely N-dealkylation sites (tertiary alicyclic amines) is 1. The van der Waals surface area contributed by atoms with Crippen LogP contribution in [0.25, 0.3) is 10.2 Å². The number of rotatable bonds is 6. The highest BCUT2D eigenvalue weighted by molar-refractivity contribution is 7.17. The normalized spacial score (nSPS) is 15.2. The van der Waals surface area contributed by atoms with E-state index in [4.69, 9.17) is 0 Å². The molecule has 0 aliphatic carbocycles. The summed E-state index contributed by atoms with van der Waals surface area (Å²) in [6.45, 7) is 3.77. The van der Waals surface area contributed by atoms with Gasteiger partial charge >= 0.3 is 0 Å². The minimum Gasteiger partial charge on any atom is -0.353 e. The molecule has 0 spiro atoms. The maximum atomic E-state index is 12.2. The highest BCUT2D eigenvalue weighted by Crippen LogP contribution is 2.23. The van der Waals surface area contributed by atoms with Crippen molar-refractivity contribution in [3.05, 3.63) is 23.2 Å². The topological polar surface area (TPSA) is 66.4 Å². The zero-order valence-corrected chi connectivity index (χ0v) is 14.1. The van der Waals surface area contributed by atoms with Gasteiger partial charge in [-0.3, -0.25) is 9.59 Å². The lowest BCUT2D eigenvalue weighted by molar-refractivity contribution is -0.120. The van der Waals surface area contributed by atoms with Crippen LogP contribution < -0.4 is 10.6 Å². The Bertz CT molecular complexity index is 700. The number of nitrogens with one attached hydrogen (secondary N) is 2. The number of hydrogen-bond donors (Lipinski definition) is 2. The molecule has 6 nitrogen and oxygen atoms in total. The molecule has 2 N–H and O–H groups in total. The summed E-state index contributed by atoms with van der Waals surface area (Å²) in [6.07, 6.45) is 2.50. The van der Waals surface area contributed by atoms with Crippen molar-refractivity contribution in [2.24, 2.45) is 7.05 Å². The zero-order valence-electron chi connectivity index (χ0n) is 13.3. The molecule has 3 rings (SSSR count). The maximum Gasteiger partial charge on any atom is 0.268 e. The zero-order chi connectivity index (χ0) is 16.2. The largest absolute Gasteiger partial charge is 0.353 e. The maximum absolute atomic E-state index is 12.2. The number of aryl methyl sites for hydroxylation is 1. The second-order valence-electron chi connectivity index (χ2n) is 5.84. The standard InChI is InChI=1S/C16H22N4O2S/c1-19-12-4-9-23-14(12)10-13(19)16(22)18-11-15(21)17-5-8-20-6-2-3-7-20/h4,9-10H,2-3,5-8,11H2,1H3,(H,17,21)(H,18,22). The molecule has 0 bridgehead atoms. The number of hydrogen-bond acceptors (Lipinski definition) is 4. The molecule has 0 aromatic carbocycles. The fourth-order valence-corrected chi connectivity index (χ4v) is 3.79. The molecule has 7 heteroatoms. The van der Waals surface area contributed by atoms with Gasteiger partial charge in [-0.1, -0.05) is 0 Å². The smallest absolute Gasteiger partial charge is 0.268 e. The van der Waals surface area contributed by atoms with Crippen LogP contribution in [0, 0.1) is 0 Å². The second kappa shape index (κ2) is 7.14. The minimum atomic E-state index is -0.217. The minimum absolute atomic E-state index is 0.0116. The van der Waals surface area contributed by atoms with E-state index in [2.05, 4.69) is 15.5 Å². The van der Waals surface area contributed by atoms with Gasteiger partial charge in [0.25, 0.3) is 5.91 Å². The Morgan fingerprint density at radius 1 is 1.26 bits per heavy atom. The van der Waals surface area contributed by atoms with E-state index in [1.807, 2.05) is 29.1 Å². The molecule has 23 heavy (non-hydrogen) atoms. The summed E-state index contributed by atoms with van der Waals surface area (Å²) >= 11 is 1.60. The summed E-state index contributed by atoms with van der Waals surface area (Å²) in [5, 5.41) is 7.54. The van der Waals surface area contributed by atoms with Crippen molar-refractivity contribution in [3.8, 4) is 0 Å². The number of carbonyl (C=O) groups excluding carboxylic acids is 2. The number of thiophene rings is 1. The lowest BCUT2D eigenvalue weighted by atomic mass is 10.4. The van der Waals surface area contributed by atoms with Crippen molar-refractivity contribution in [2.75, 3.05) is 32.7 Å². The molecule has 0 saturated carbocycles. The second-order valence-corrected chi connectivity index (χ2v) is 6.79. The van der Waals surface area contributed by atoms with E-state index in [0.717, 1.165) is 29.9 Å². The van der Waals surface area contributed by atoms with Gasteiger partial charge in [0.05, 0.1) is 16.8 Å². The van der Waals surface area contributed by atoms with Crippen LogP contribution in [0.3, 0.4) is 0 Å². The first-order valence-corrected chi connectivity index (χ1v) is 8.83. The van der Waals surface area contributed by atoms with E-state index >= 15 is 0 Å². The molecule has 1 aliphatic rings. The molecule has 0 unspecified atom stereocenters. The predicted octanol–water partition coefficient (Wildman–Crippen LogP) is 1.18. The predicted molar refractivity (Wildman–Crippen MR) is 91.8 cm³/mol. The SMILES string of the molecule is Cn1c(C(=O)NCC(=O)NCCN2CCCC2)cc2sccc21. The monoisotopic (exact) mass is 334 g/mol. The number of fused-ring (bicyclic) bond motifs is 1. The van der Waals surface area contributed by atoms with E-state index in [1.54, 1.807) is 11.3 Å². The first kappa shape index (κ1) is 16.0. The van der Waals surface area contributed by atoms with Crippen molar-refractivity contribution in [1.29, 1.82) is 0 Å². The summed E-state index contributed by atoms with van der Waals surface area (Å²) in [6, 6.07) is 3.85. The Hall–Kier alpha value is -1.86. The van der Waals surface area contributed by atoms with Crippen LogP contribution in [-0.2, 0) is 11.8 Å². The van der Waals surface area contributed by atoms with Gasteiger partial charge in [0, 0.05) is 20.1 Å². The molecular formula is C16H22N4O2S. The van der Waals surface area contributed by atoms with Gasteiger partial charge in [-0.15, -0.1) is 11.3 Å². The lowest BCUT2D eigenvalue weighted by Gasteiger charge is -2.14. The van der Waals surface area contributed by atoms with E-state index in [9.17, 15) is 9.59 Å². The summed E-state index contributed by atoms with van der Waals surface area (Å²) in [5.41, 5.74) is 1.62. The van der Waals surface area contributed by atoms with Gasteiger partial charge in [-0.2, -0.15) is 0 Å². The van der Waals surface area contributed by atoms with Gasteiger partial charge < -0.3 is 20.1 Å². The number of nitrogens with zero attached hydrogens (tertiary/aromatic N) is 2. The number of amides is 2. The van der Waals surface area contributed by atoms with Crippen molar-refractivity contribution in [1.82, 2.24) is 20.1 Å². The third kappa shape index (κ3) is 3.73. The van der Waals surface area contributed by atoms with E-state index < -0.39 is 0 Å². The van der Waals surface area contributed by atoms with Crippen LogP contribution in [0.5, 0.6) is 0 Å². The molecule has 2 aromatic heterocycles. The average Bonchev–Trinajstić information content (AvgIpc) is 3.24. The molecule has 0 radical (unpaired) electrons. The summed E-state index contributed by atoms with van der Waals surface area (Å²) in [4.78, 5) is 26.4. The molecule has 1 saturated heterocycles. The first-order chi connectivity index (χ1) is 11.1. The molecule has 3 heterocycles. The third-order valence-corrected chi connectivity index (χ3v) is 5.11. The molecule has 1 fully saturated rings. The van der Waals surface area contributed by atoms with Gasteiger partial charge in [-0.25, -0.2) is 0 Å². The highest BCUT2D eigenvalue weighted by Gasteiger charge is 2.15. The summed E-state index contributed by atoms with van der Waals surface area (Å²) in [5.74, 6) is -0.362. The number of carbonyl (C=O) groups is 2. The van der Waals surface area contributed by atoms with Gasteiger partial charge in [-0.05, 0) is 43.4 Å². The quantitative estimate of drug-likeness (QED) is 0.834. The van der Waals surface area contributed by atoms with Gasteiger partial charge in [0.1, 0.15) is 5.69 Å². The highest BCUT2D eigenvalue weighted by atomic mass is 32.1. The fourth-order valence-electron chi connectivity index (χ4n) is 2.94. The average molecular weight is 334 g/mol. The molecule has 1 aliphatic heterocycles. The van der Waals surface area contributed by atoms with E-state index in [0.29, 0.717) is 12.2 Å². The Morgan fingerprint density at radius 2 is 2.04 bits per heavy atom. The van der Waals surface area contributed by atoms with Crippen molar-refractivity contribution >= 4 is 33.4 Å². The van der Waals surface area contributed by atoms with Crippen molar-refractivity contribution in [2.45, 2.75) is 12.8 Å². The van der Waals surface area contributed by atoms with Gasteiger partial charge in [0.15, 0.2) is 0 Å². The van der Waals surface area contributed by atoms with Crippen LogP contribution in [0.15, 0.2) is 17.5 Å². The van der Waals surface area contributed by atoms with Crippen LogP contribution in [0.1, 0.15) is 23.3 Å². The molecular weight excluding hydrogens is 312 g/mol. The van der Waals surface area contributed by atoms with Crippen LogP contribution in [0.4, 0.5) is 0 Å².